The van der Waals surface area contributed by atoms with E-state index in [1.165, 1.54) is 0 Å². The number of carbonyl (C=O) groups excluding carboxylic acids is 2. The summed E-state index contributed by atoms with van der Waals surface area (Å²) in [6.45, 7) is 8.78. The van der Waals surface area contributed by atoms with Crippen LogP contribution in [0.15, 0.2) is 0 Å². The lowest BCUT2D eigenvalue weighted by molar-refractivity contribution is -0.137. The van der Waals surface area contributed by atoms with Crippen LogP contribution in [0.1, 0.15) is 34.1 Å². The van der Waals surface area contributed by atoms with Crippen molar-refractivity contribution in [3.05, 3.63) is 0 Å². The maximum atomic E-state index is 12.4. The van der Waals surface area contributed by atoms with Gasteiger partial charge in [0.25, 0.3) is 0 Å². The lowest BCUT2D eigenvalue weighted by Gasteiger charge is -2.33. The number of nitrogens with one attached hydrogen (secondary N) is 1. The van der Waals surface area contributed by atoms with E-state index < -0.39 is 6.04 Å². The van der Waals surface area contributed by atoms with Gasteiger partial charge in [-0.3, -0.25) is 9.59 Å². The summed E-state index contributed by atoms with van der Waals surface area (Å²) in [5, 5.41) is 2.82. The molecule has 0 radical (unpaired) electrons. The highest BCUT2D eigenvalue weighted by atomic mass is 16.5. The molecule has 1 heterocycles. The van der Waals surface area contributed by atoms with E-state index in [4.69, 9.17) is 4.74 Å². The SMILES string of the molecule is COC(C)CN1CCC(=O)NC(C(C)(C)C)C1=O. The zero-order chi connectivity index (χ0) is 13.9. The van der Waals surface area contributed by atoms with Gasteiger partial charge >= 0.3 is 0 Å². The fraction of sp³-hybridized carbons (Fsp3) is 0.846. The Bertz CT molecular complexity index is 323. The topological polar surface area (TPSA) is 58.6 Å². The van der Waals surface area contributed by atoms with Gasteiger partial charge in [0.2, 0.25) is 11.8 Å². The van der Waals surface area contributed by atoms with E-state index in [-0.39, 0.29) is 23.3 Å². The summed E-state index contributed by atoms with van der Waals surface area (Å²) in [5.74, 6) is -0.0758. The molecule has 0 saturated carbocycles. The molecular formula is C13H24N2O3. The van der Waals surface area contributed by atoms with Crippen LogP contribution >= 0.6 is 0 Å². The van der Waals surface area contributed by atoms with E-state index >= 15 is 0 Å². The number of ether oxygens (including phenoxy) is 1. The van der Waals surface area contributed by atoms with Gasteiger partial charge < -0.3 is 15.0 Å². The van der Waals surface area contributed by atoms with Crippen LogP contribution in [0.5, 0.6) is 0 Å². The maximum Gasteiger partial charge on any atom is 0.245 e. The molecule has 18 heavy (non-hydrogen) atoms. The molecule has 1 N–H and O–H groups in total. The summed E-state index contributed by atoms with van der Waals surface area (Å²) in [7, 11) is 1.62. The van der Waals surface area contributed by atoms with Crippen molar-refractivity contribution in [1.29, 1.82) is 0 Å². The zero-order valence-corrected chi connectivity index (χ0v) is 11.9. The van der Waals surface area contributed by atoms with Gasteiger partial charge in [0, 0.05) is 26.6 Å². The molecule has 1 aliphatic rings. The van der Waals surface area contributed by atoms with E-state index in [1.54, 1.807) is 12.0 Å². The van der Waals surface area contributed by atoms with Crippen LogP contribution in [0.4, 0.5) is 0 Å². The van der Waals surface area contributed by atoms with Crippen LogP contribution < -0.4 is 5.32 Å². The average Bonchev–Trinajstić information content (AvgIpc) is 2.41. The summed E-state index contributed by atoms with van der Waals surface area (Å²) >= 11 is 0. The molecule has 0 spiro atoms. The van der Waals surface area contributed by atoms with Crippen molar-refractivity contribution in [2.24, 2.45) is 5.41 Å². The standard InChI is InChI=1S/C13H24N2O3/c1-9(18-5)8-15-7-6-10(16)14-11(12(15)17)13(2,3)4/h9,11H,6-8H2,1-5H3,(H,14,16). The second-order valence-electron chi connectivity index (χ2n) is 5.95. The Hall–Kier alpha value is -1.10. The van der Waals surface area contributed by atoms with Crippen LogP contribution in [0.25, 0.3) is 0 Å². The Labute approximate surface area is 109 Å². The van der Waals surface area contributed by atoms with Gasteiger partial charge in [-0.2, -0.15) is 0 Å². The van der Waals surface area contributed by atoms with Crippen LogP contribution in [0.3, 0.4) is 0 Å². The molecular weight excluding hydrogens is 232 g/mol. The fourth-order valence-corrected chi connectivity index (χ4v) is 1.98. The molecule has 0 aromatic carbocycles. The highest BCUT2D eigenvalue weighted by Crippen LogP contribution is 2.23. The molecule has 0 aliphatic carbocycles. The highest BCUT2D eigenvalue weighted by molar-refractivity contribution is 5.90. The van der Waals surface area contributed by atoms with Crippen molar-refractivity contribution in [3.8, 4) is 0 Å². The lowest BCUT2D eigenvalue weighted by atomic mass is 9.86. The number of hydrogen-bond donors (Lipinski definition) is 1. The van der Waals surface area contributed by atoms with E-state index in [0.717, 1.165) is 0 Å². The lowest BCUT2D eigenvalue weighted by Crippen LogP contribution is -2.52. The number of amides is 2. The molecule has 0 aromatic rings. The zero-order valence-electron chi connectivity index (χ0n) is 11.9. The first-order valence-electron chi connectivity index (χ1n) is 6.36. The Balaban J connectivity index is 2.86. The summed E-state index contributed by atoms with van der Waals surface area (Å²) in [4.78, 5) is 25.8. The molecule has 0 bridgehead atoms. The predicted molar refractivity (Wildman–Crippen MR) is 69.1 cm³/mol. The smallest absolute Gasteiger partial charge is 0.245 e. The van der Waals surface area contributed by atoms with Crippen LogP contribution in [0, 0.1) is 5.41 Å². The van der Waals surface area contributed by atoms with E-state index in [2.05, 4.69) is 5.32 Å². The minimum atomic E-state index is -0.462. The van der Waals surface area contributed by atoms with E-state index in [9.17, 15) is 9.59 Å². The Kier molecular flexibility index (Phi) is 4.73. The minimum Gasteiger partial charge on any atom is -0.380 e. The largest absolute Gasteiger partial charge is 0.380 e. The highest BCUT2D eigenvalue weighted by Gasteiger charge is 2.38. The normalized spacial score (nSPS) is 23.6. The first kappa shape index (κ1) is 15.0. The first-order valence-corrected chi connectivity index (χ1v) is 6.36. The molecule has 1 fully saturated rings. The third-order valence-corrected chi connectivity index (χ3v) is 3.22. The van der Waals surface area contributed by atoms with Crippen LogP contribution in [-0.2, 0) is 14.3 Å². The van der Waals surface area contributed by atoms with Gasteiger partial charge in [0.1, 0.15) is 6.04 Å². The van der Waals surface area contributed by atoms with Crippen LogP contribution in [-0.4, -0.2) is 49.1 Å². The molecule has 5 heteroatoms. The monoisotopic (exact) mass is 256 g/mol. The first-order chi connectivity index (χ1) is 8.25. The Morgan fingerprint density at radius 3 is 2.56 bits per heavy atom. The third-order valence-electron chi connectivity index (χ3n) is 3.22. The van der Waals surface area contributed by atoms with Crippen molar-refractivity contribution in [2.75, 3.05) is 20.2 Å². The van der Waals surface area contributed by atoms with Crippen molar-refractivity contribution in [3.63, 3.8) is 0 Å². The molecule has 1 rings (SSSR count). The van der Waals surface area contributed by atoms with Crippen molar-refractivity contribution in [1.82, 2.24) is 10.2 Å². The maximum absolute atomic E-state index is 12.4. The summed E-state index contributed by atoms with van der Waals surface area (Å²) in [5.41, 5.74) is -0.286. The van der Waals surface area contributed by atoms with E-state index in [0.29, 0.717) is 19.5 Å². The molecule has 5 nitrogen and oxygen atoms in total. The van der Waals surface area contributed by atoms with Gasteiger partial charge in [0.05, 0.1) is 6.10 Å². The second-order valence-corrected chi connectivity index (χ2v) is 5.95. The number of carbonyl (C=O) groups is 2. The van der Waals surface area contributed by atoms with E-state index in [1.807, 2.05) is 27.7 Å². The second kappa shape index (κ2) is 5.69. The minimum absolute atomic E-state index is 0.0164. The van der Waals surface area contributed by atoms with Crippen molar-refractivity contribution < 1.29 is 14.3 Å². The summed E-state index contributed by atoms with van der Waals surface area (Å²) < 4.78 is 5.19. The molecule has 2 atom stereocenters. The van der Waals surface area contributed by atoms with Gasteiger partial charge in [-0.05, 0) is 12.3 Å². The van der Waals surface area contributed by atoms with Gasteiger partial charge in [-0.15, -0.1) is 0 Å². The fourth-order valence-electron chi connectivity index (χ4n) is 1.98. The molecule has 0 aromatic heterocycles. The van der Waals surface area contributed by atoms with Crippen molar-refractivity contribution >= 4 is 11.8 Å². The predicted octanol–water partition coefficient (Wildman–Crippen LogP) is 0.784. The number of nitrogens with zero attached hydrogens (tertiary/aromatic N) is 1. The number of methoxy groups -OCH3 is 1. The molecule has 104 valence electrons. The summed E-state index contributed by atoms with van der Waals surface area (Å²) in [6.07, 6.45) is 0.331. The van der Waals surface area contributed by atoms with Crippen LogP contribution in [0.2, 0.25) is 0 Å². The Morgan fingerprint density at radius 1 is 1.44 bits per heavy atom. The summed E-state index contributed by atoms with van der Waals surface area (Å²) in [6, 6.07) is -0.462. The molecule has 2 unspecified atom stereocenters. The van der Waals surface area contributed by atoms with Crippen molar-refractivity contribution in [2.45, 2.75) is 46.3 Å². The molecule has 1 saturated heterocycles. The van der Waals surface area contributed by atoms with Gasteiger partial charge in [0.15, 0.2) is 0 Å². The van der Waals surface area contributed by atoms with Gasteiger partial charge in [-0.1, -0.05) is 20.8 Å². The average molecular weight is 256 g/mol. The van der Waals surface area contributed by atoms with Gasteiger partial charge in [-0.25, -0.2) is 0 Å². The quantitative estimate of drug-likeness (QED) is 0.812. The third kappa shape index (κ3) is 3.70. The number of rotatable bonds is 3. The molecule has 2 amide bonds. The Morgan fingerprint density at radius 2 is 2.06 bits per heavy atom. The number of hydrogen-bond acceptors (Lipinski definition) is 3. The molecule has 1 aliphatic heterocycles.